The Bertz CT molecular complexity index is 490. The van der Waals surface area contributed by atoms with E-state index in [4.69, 9.17) is 10.5 Å². The Morgan fingerprint density at radius 3 is 2.82 bits per heavy atom. The number of para-hydroxylation sites is 1. The number of amides is 1. The van der Waals surface area contributed by atoms with Crippen LogP contribution in [0, 0.1) is 11.8 Å². The van der Waals surface area contributed by atoms with E-state index in [0.717, 1.165) is 37.0 Å². The van der Waals surface area contributed by atoms with Crippen molar-refractivity contribution in [2.45, 2.75) is 45.6 Å². The normalized spacial score (nSPS) is 22.3. The molecule has 22 heavy (non-hydrogen) atoms. The highest BCUT2D eigenvalue weighted by molar-refractivity contribution is 5.79. The van der Waals surface area contributed by atoms with Crippen LogP contribution in [0.4, 0.5) is 0 Å². The molecule has 0 radical (unpaired) electrons. The molecule has 2 rings (SSSR count). The van der Waals surface area contributed by atoms with Crippen LogP contribution in [-0.4, -0.2) is 19.1 Å². The smallest absolute Gasteiger partial charge is 0.223 e. The molecule has 3 N–H and O–H groups in total. The van der Waals surface area contributed by atoms with Gasteiger partial charge in [0.25, 0.3) is 0 Å². The van der Waals surface area contributed by atoms with Gasteiger partial charge in [-0.3, -0.25) is 4.79 Å². The second-order valence-electron chi connectivity index (χ2n) is 5.97. The molecule has 1 aliphatic carbocycles. The summed E-state index contributed by atoms with van der Waals surface area (Å²) in [5.41, 5.74) is 6.86. The molecule has 0 aliphatic heterocycles. The Kier molecular flexibility index (Phi) is 6.25. The molecular weight excluding hydrogens is 276 g/mol. The molecule has 4 nitrogen and oxygen atoms in total. The van der Waals surface area contributed by atoms with Gasteiger partial charge in [0.2, 0.25) is 5.91 Å². The van der Waals surface area contributed by atoms with Crippen molar-refractivity contribution in [2.75, 3.05) is 13.2 Å². The third kappa shape index (κ3) is 3.80. The van der Waals surface area contributed by atoms with Gasteiger partial charge >= 0.3 is 0 Å². The van der Waals surface area contributed by atoms with E-state index in [0.29, 0.717) is 19.1 Å². The summed E-state index contributed by atoms with van der Waals surface area (Å²) in [6.07, 6.45) is 3.97. The lowest BCUT2D eigenvalue weighted by atomic mass is 9.94. The second-order valence-corrected chi connectivity index (χ2v) is 5.97. The summed E-state index contributed by atoms with van der Waals surface area (Å²) in [6, 6.07) is 7.95. The van der Waals surface area contributed by atoms with Crippen molar-refractivity contribution in [3.8, 4) is 5.75 Å². The van der Waals surface area contributed by atoms with Gasteiger partial charge in [-0.1, -0.05) is 31.5 Å². The number of ether oxygens (including phenoxy) is 1. The van der Waals surface area contributed by atoms with Crippen molar-refractivity contribution in [1.82, 2.24) is 5.32 Å². The van der Waals surface area contributed by atoms with E-state index in [1.165, 1.54) is 0 Å². The van der Waals surface area contributed by atoms with Crippen LogP contribution in [-0.2, 0) is 4.79 Å². The molecule has 0 spiro atoms. The summed E-state index contributed by atoms with van der Waals surface area (Å²) >= 11 is 0. The minimum Gasteiger partial charge on any atom is -0.494 e. The van der Waals surface area contributed by atoms with E-state index in [1.54, 1.807) is 0 Å². The molecule has 3 atom stereocenters. The number of nitrogens with two attached hydrogens (primary N) is 1. The molecule has 1 saturated carbocycles. The highest BCUT2D eigenvalue weighted by Gasteiger charge is 2.33. The quantitative estimate of drug-likeness (QED) is 0.814. The van der Waals surface area contributed by atoms with Crippen LogP contribution in [0.3, 0.4) is 0 Å². The van der Waals surface area contributed by atoms with Gasteiger partial charge in [0, 0.05) is 11.5 Å². The molecule has 1 amide bonds. The van der Waals surface area contributed by atoms with Gasteiger partial charge in [0.05, 0.1) is 12.6 Å². The second kappa shape index (κ2) is 8.18. The van der Waals surface area contributed by atoms with Crippen molar-refractivity contribution in [3.63, 3.8) is 0 Å². The Balaban J connectivity index is 2.10. The molecule has 0 aromatic heterocycles. The van der Waals surface area contributed by atoms with Gasteiger partial charge in [0.15, 0.2) is 0 Å². The molecule has 1 unspecified atom stereocenters. The van der Waals surface area contributed by atoms with Crippen LogP contribution in [0.5, 0.6) is 5.75 Å². The van der Waals surface area contributed by atoms with Gasteiger partial charge in [0.1, 0.15) is 5.75 Å². The van der Waals surface area contributed by atoms with E-state index in [1.807, 2.05) is 31.2 Å². The topological polar surface area (TPSA) is 64.3 Å². The summed E-state index contributed by atoms with van der Waals surface area (Å²) in [5, 5.41) is 3.21. The van der Waals surface area contributed by atoms with E-state index in [-0.39, 0.29) is 17.9 Å². The fourth-order valence-corrected chi connectivity index (χ4v) is 3.40. The summed E-state index contributed by atoms with van der Waals surface area (Å²) in [7, 11) is 0. The van der Waals surface area contributed by atoms with Crippen LogP contribution in [0.15, 0.2) is 24.3 Å². The lowest BCUT2D eigenvalue weighted by Crippen LogP contribution is -2.37. The highest BCUT2D eigenvalue weighted by atomic mass is 16.5. The standard InChI is InChI=1S/C18H28N2O2/c1-3-16(15-9-5-6-11-17(15)22-4-2)20-18(21)14-10-7-8-13(14)12-19/h5-6,9,11,13-14,16H,3-4,7-8,10,12,19H2,1-2H3,(H,20,21)/t13-,14-,16?/m1/s1. The van der Waals surface area contributed by atoms with Crippen LogP contribution in [0.1, 0.15) is 51.1 Å². The summed E-state index contributed by atoms with van der Waals surface area (Å²) < 4.78 is 5.70. The number of hydrogen-bond acceptors (Lipinski definition) is 3. The van der Waals surface area contributed by atoms with Crippen molar-refractivity contribution in [1.29, 1.82) is 0 Å². The lowest BCUT2D eigenvalue weighted by molar-refractivity contribution is -0.126. The van der Waals surface area contributed by atoms with Crippen LogP contribution >= 0.6 is 0 Å². The molecule has 1 fully saturated rings. The Hall–Kier alpha value is -1.55. The maximum Gasteiger partial charge on any atom is 0.223 e. The third-order valence-corrected chi connectivity index (χ3v) is 4.62. The van der Waals surface area contributed by atoms with Crippen molar-refractivity contribution in [3.05, 3.63) is 29.8 Å². The van der Waals surface area contributed by atoms with Gasteiger partial charge < -0.3 is 15.8 Å². The fourth-order valence-electron chi connectivity index (χ4n) is 3.40. The van der Waals surface area contributed by atoms with Gasteiger partial charge in [-0.05, 0) is 44.7 Å². The van der Waals surface area contributed by atoms with Crippen molar-refractivity contribution >= 4 is 5.91 Å². The summed E-state index contributed by atoms with van der Waals surface area (Å²) in [6.45, 7) is 5.28. The maximum absolute atomic E-state index is 12.6. The average Bonchev–Trinajstić information content (AvgIpc) is 3.02. The Morgan fingerprint density at radius 1 is 1.36 bits per heavy atom. The fraction of sp³-hybridized carbons (Fsp3) is 0.611. The first-order valence-corrected chi connectivity index (χ1v) is 8.43. The molecular formula is C18H28N2O2. The largest absolute Gasteiger partial charge is 0.494 e. The van der Waals surface area contributed by atoms with Gasteiger partial charge in [-0.25, -0.2) is 0 Å². The molecule has 0 saturated heterocycles. The molecule has 0 heterocycles. The molecule has 122 valence electrons. The third-order valence-electron chi connectivity index (χ3n) is 4.62. The number of carbonyl (C=O) groups is 1. The van der Waals surface area contributed by atoms with Gasteiger partial charge in [-0.2, -0.15) is 0 Å². The summed E-state index contributed by atoms with van der Waals surface area (Å²) in [5.74, 6) is 1.41. The number of nitrogens with one attached hydrogen (secondary N) is 1. The minimum atomic E-state index is -0.00530. The number of hydrogen-bond donors (Lipinski definition) is 2. The van der Waals surface area contributed by atoms with Crippen molar-refractivity contribution < 1.29 is 9.53 Å². The first kappa shape index (κ1) is 16.8. The van der Waals surface area contributed by atoms with E-state index in [9.17, 15) is 4.79 Å². The van der Waals surface area contributed by atoms with Crippen LogP contribution in [0.25, 0.3) is 0 Å². The monoisotopic (exact) mass is 304 g/mol. The first-order chi connectivity index (χ1) is 10.7. The first-order valence-electron chi connectivity index (χ1n) is 8.43. The molecule has 0 bridgehead atoms. The SMILES string of the molecule is CCOc1ccccc1C(CC)NC(=O)[C@@H]1CCC[C@@H]1CN. The number of carbonyl (C=O) groups excluding carboxylic acids is 1. The Labute approximate surface area is 133 Å². The summed E-state index contributed by atoms with van der Waals surface area (Å²) in [4.78, 5) is 12.6. The number of rotatable bonds is 7. The van der Waals surface area contributed by atoms with Crippen LogP contribution < -0.4 is 15.8 Å². The zero-order valence-electron chi connectivity index (χ0n) is 13.7. The maximum atomic E-state index is 12.6. The zero-order chi connectivity index (χ0) is 15.9. The van der Waals surface area contributed by atoms with Crippen molar-refractivity contribution in [2.24, 2.45) is 17.6 Å². The molecule has 4 heteroatoms. The lowest BCUT2D eigenvalue weighted by Gasteiger charge is -2.24. The number of benzene rings is 1. The highest BCUT2D eigenvalue weighted by Crippen LogP contribution is 2.33. The Morgan fingerprint density at radius 2 is 2.14 bits per heavy atom. The molecule has 1 aromatic carbocycles. The molecule has 1 aromatic rings. The van der Waals surface area contributed by atoms with Gasteiger partial charge in [-0.15, -0.1) is 0 Å². The zero-order valence-corrected chi connectivity index (χ0v) is 13.7. The van der Waals surface area contributed by atoms with E-state index >= 15 is 0 Å². The van der Waals surface area contributed by atoms with E-state index < -0.39 is 0 Å². The van der Waals surface area contributed by atoms with E-state index in [2.05, 4.69) is 12.2 Å². The predicted octanol–water partition coefficient (Wildman–Crippen LogP) is 3.03. The molecule has 1 aliphatic rings. The average molecular weight is 304 g/mol. The predicted molar refractivity (Wildman–Crippen MR) is 88.7 cm³/mol. The van der Waals surface area contributed by atoms with Crippen LogP contribution in [0.2, 0.25) is 0 Å². The minimum absolute atomic E-state index is 0.00530.